The number of halogens is 1. The molecule has 0 radical (unpaired) electrons. The lowest BCUT2D eigenvalue weighted by Crippen LogP contribution is -2.14. The number of pyridine rings is 1. The van der Waals surface area contributed by atoms with E-state index in [0.29, 0.717) is 28.4 Å². The van der Waals surface area contributed by atoms with Crippen molar-refractivity contribution in [3.05, 3.63) is 41.3 Å². The summed E-state index contributed by atoms with van der Waals surface area (Å²) in [5.41, 5.74) is 1.68. The summed E-state index contributed by atoms with van der Waals surface area (Å²) in [4.78, 5) is 21.0. The molecule has 0 spiro atoms. The van der Waals surface area contributed by atoms with Crippen LogP contribution in [0, 0.1) is 0 Å². The van der Waals surface area contributed by atoms with Crippen LogP contribution in [-0.4, -0.2) is 34.7 Å². The molecule has 2 heterocycles. The Balaban J connectivity index is 1.99. The van der Waals surface area contributed by atoms with Crippen LogP contribution in [-0.2, 0) is 7.05 Å². The highest BCUT2D eigenvalue weighted by Gasteiger charge is 2.17. The van der Waals surface area contributed by atoms with E-state index in [0.717, 1.165) is 5.52 Å². The van der Waals surface area contributed by atoms with Gasteiger partial charge in [0.1, 0.15) is 22.2 Å². The van der Waals surface area contributed by atoms with Crippen LogP contribution in [0.15, 0.2) is 30.6 Å². The third-order valence-corrected chi connectivity index (χ3v) is 3.76. The van der Waals surface area contributed by atoms with E-state index in [-0.39, 0.29) is 11.1 Å². The summed E-state index contributed by atoms with van der Waals surface area (Å²) in [6.07, 6.45) is 1.63. The summed E-state index contributed by atoms with van der Waals surface area (Å²) in [7, 11) is 4.87. The van der Waals surface area contributed by atoms with Gasteiger partial charge in [-0.25, -0.2) is 9.97 Å². The quantitative estimate of drug-likeness (QED) is 0.735. The Kier molecular flexibility index (Phi) is 4.26. The molecule has 1 N–H and O–H groups in total. The van der Waals surface area contributed by atoms with Crippen molar-refractivity contribution in [3.8, 4) is 11.5 Å². The van der Waals surface area contributed by atoms with Gasteiger partial charge in [-0.1, -0.05) is 11.6 Å². The number of nitrogens with one attached hydrogen (secondary N) is 1. The lowest BCUT2D eigenvalue weighted by atomic mass is 10.1. The second-order valence-corrected chi connectivity index (χ2v) is 5.42. The summed E-state index contributed by atoms with van der Waals surface area (Å²) >= 11 is 6.04. The maximum absolute atomic E-state index is 12.6. The Morgan fingerprint density at radius 2 is 2.04 bits per heavy atom. The van der Waals surface area contributed by atoms with Crippen LogP contribution in [0.3, 0.4) is 0 Å². The summed E-state index contributed by atoms with van der Waals surface area (Å²) in [6, 6.07) is 6.62. The average molecular weight is 347 g/mol. The van der Waals surface area contributed by atoms with E-state index < -0.39 is 0 Å². The first kappa shape index (κ1) is 16.1. The number of carbonyl (C=O) groups is 1. The Morgan fingerprint density at radius 1 is 1.25 bits per heavy atom. The minimum absolute atomic E-state index is 0.267. The largest absolute Gasteiger partial charge is 0.497 e. The summed E-state index contributed by atoms with van der Waals surface area (Å²) < 4.78 is 12.2. The number of nitrogens with zero attached hydrogens (tertiary/aromatic N) is 3. The zero-order chi connectivity index (χ0) is 17.3. The van der Waals surface area contributed by atoms with Crippen molar-refractivity contribution >= 4 is 34.4 Å². The van der Waals surface area contributed by atoms with Gasteiger partial charge in [0.15, 0.2) is 5.82 Å². The van der Waals surface area contributed by atoms with Crippen LogP contribution >= 0.6 is 11.6 Å². The van der Waals surface area contributed by atoms with Crippen molar-refractivity contribution in [2.45, 2.75) is 0 Å². The number of hydrogen-bond donors (Lipinski definition) is 1. The molecule has 0 atom stereocenters. The number of rotatable bonds is 4. The van der Waals surface area contributed by atoms with Crippen molar-refractivity contribution in [2.24, 2.45) is 7.05 Å². The fourth-order valence-corrected chi connectivity index (χ4v) is 2.53. The predicted molar refractivity (Wildman–Crippen MR) is 91.0 cm³/mol. The van der Waals surface area contributed by atoms with Crippen LogP contribution in [0.1, 0.15) is 10.4 Å². The fourth-order valence-electron chi connectivity index (χ4n) is 2.35. The summed E-state index contributed by atoms with van der Waals surface area (Å²) in [5, 5.41) is 3.00. The maximum Gasteiger partial charge on any atom is 0.260 e. The fraction of sp³-hybridized carbons (Fsp3) is 0.188. The number of aryl methyl sites for hydroxylation is 1. The molecule has 0 bridgehead atoms. The molecule has 0 aliphatic carbocycles. The molecule has 1 amide bonds. The number of aromatic nitrogens is 3. The molecule has 8 heteroatoms. The van der Waals surface area contributed by atoms with Crippen LogP contribution in [0.25, 0.3) is 11.0 Å². The number of amides is 1. The number of ether oxygens (including phenoxy) is 2. The van der Waals surface area contributed by atoms with Crippen molar-refractivity contribution in [2.75, 3.05) is 19.5 Å². The first-order chi connectivity index (χ1) is 11.5. The highest BCUT2D eigenvalue weighted by Crippen LogP contribution is 2.27. The van der Waals surface area contributed by atoms with Gasteiger partial charge >= 0.3 is 0 Å². The van der Waals surface area contributed by atoms with Gasteiger partial charge in [-0.15, -0.1) is 0 Å². The summed E-state index contributed by atoms with van der Waals surface area (Å²) in [6.45, 7) is 0. The number of methoxy groups -OCH3 is 2. The molecule has 2 aromatic heterocycles. The number of anilines is 1. The summed E-state index contributed by atoms with van der Waals surface area (Å²) in [5.74, 6) is 0.903. The van der Waals surface area contributed by atoms with Crippen LogP contribution in [0.2, 0.25) is 5.15 Å². The molecule has 0 saturated heterocycles. The van der Waals surface area contributed by atoms with Crippen molar-refractivity contribution in [3.63, 3.8) is 0 Å². The van der Waals surface area contributed by atoms with E-state index in [1.54, 1.807) is 42.3 Å². The Hall–Kier alpha value is -2.80. The molecule has 0 fully saturated rings. The first-order valence-corrected chi connectivity index (χ1v) is 7.42. The number of benzene rings is 1. The normalized spacial score (nSPS) is 10.7. The smallest absolute Gasteiger partial charge is 0.260 e. The van der Waals surface area contributed by atoms with E-state index >= 15 is 0 Å². The zero-order valence-electron chi connectivity index (χ0n) is 13.3. The lowest BCUT2D eigenvalue weighted by molar-refractivity contribution is 0.102. The third-order valence-electron chi connectivity index (χ3n) is 3.57. The average Bonchev–Trinajstić information content (AvgIpc) is 2.95. The molecular formula is C16H15ClN4O3. The Morgan fingerprint density at radius 3 is 2.75 bits per heavy atom. The van der Waals surface area contributed by atoms with Crippen LogP contribution in [0.4, 0.5) is 5.82 Å². The highest BCUT2D eigenvalue weighted by molar-refractivity contribution is 6.30. The maximum atomic E-state index is 12.6. The number of carbonyl (C=O) groups excluding carboxylic acids is 1. The zero-order valence-corrected chi connectivity index (χ0v) is 14.1. The van der Waals surface area contributed by atoms with E-state index in [1.807, 2.05) is 7.05 Å². The van der Waals surface area contributed by atoms with Gasteiger partial charge in [-0.05, 0) is 12.1 Å². The molecule has 124 valence electrons. The minimum atomic E-state index is -0.378. The third kappa shape index (κ3) is 2.85. The molecule has 7 nitrogen and oxygen atoms in total. The molecule has 0 unspecified atom stereocenters. The van der Waals surface area contributed by atoms with Crippen molar-refractivity contribution < 1.29 is 14.3 Å². The number of imidazole rings is 1. The molecule has 0 aliphatic rings. The van der Waals surface area contributed by atoms with Crippen molar-refractivity contribution in [1.82, 2.24) is 14.5 Å². The highest BCUT2D eigenvalue weighted by atomic mass is 35.5. The molecule has 3 rings (SSSR count). The second-order valence-electron chi connectivity index (χ2n) is 5.04. The van der Waals surface area contributed by atoms with E-state index in [9.17, 15) is 4.79 Å². The monoisotopic (exact) mass is 346 g/mol. The molecule has 24 heavy (non-hydrogen) atoms. The minimum Gasteiger partial charge on any atom is -0.497 e. The molecule has 0 aliphatic heterocycles. The molecular weight excluding hydrogens is 332 g/mol. The van der Waals surface area contributed by atoms with Gasteiger partial charge in [-0.3, -0.25) is 4.79 Å². The van der Waals surface area contributed by atoms with E-state index in [4.69, 9.17) is 21.1 Å². The first-order valence-electron chi connectivity index (χ1n) is 7.04. The number of hydrogen-bond acceptors (Lipinski definition) is 5. The van der Waals surface area contributed by atoms with Gasteiger partial charge in [0.05, 0.1) is 31.6 Å². The molecule has 0 saturated carbocycles. The van der Waals surface area contributed by atoms with Crippen LogP contribution in [0.5, 0.6) is 11.5 Å². The van der Waals surface area contributed by atoms with E-state index in [2.05, 4.69) is 15.3 Å². The standard InChI is InChI=1S/C16H15ClN4O3/c1-21-8-18-14-11(21)7-13(17)19-15(14)20-16(22)10-5-4-9(23-2)6-12(10)24-3/h4-8H,1-3H3,(H,19,20,22). The van der Waals surface area contributed by atoms with Gasteiger partial charge in [-0.2, -0.15) is 0 Å². The SMILES string of the molecule is COc1ccc(C(=O)Nc2nc(Cl)cc3c2ncn3C)c(OC)c1. The molecule has 1 aromatic carbocycles. The van der Waals surface area contributed by atoms with Gasteiger partial charge in [0.25, 0.3) is 5.91 Å². The Labute approximate surface area is 143 Å². The van der Waals surface area contributed by atoms with Gasteiger partial charge in [0, 0.05) is 19.2 Å². The Bertz CT molecular complexity index is 923. The van der Waals surface area contributed by atoms with E-state index in [1.165, 1.54) is 7.11 Å². The lowest BCUT2D eigenvalue weighted by Gasteiger charge is -2.11. The van der Waals surface area contributed by atoms with Gasteiger partial charge in [0.2, 0.25) is 0 Å². The topological polar surface area (TPSA) is 78.3 Å². The van der Waals surface area contributed by atoms with Crippen molar-refractivity contribution in [1.29, 1.82) is 0 Å². The molecule has 3 aromatic rings. The van der Waals surface area contributed by atoms with Gasteiger partial charge < -0.3 is 19.4 Å². The van der Waals surface area contributed by atoms with Crippen LogP contribution < -0.4 is 14.8 Å². The predicted octanol–water partition coefficient (Wildman–Crippen LogP) is 2.89. The second kappa shape index (κ2) is 6.37. The number of fused-ring (bicyclic) bond motifs is 1.